The minimum atomic E-state index is -0.863. The lowest BCUT2D eigenvalue weighted by Gasteiger charge is -2.07. The van der Waals surface area contributed by atoms with Gasteiger partial charge in [0.1, 0.15) is 0 Å². The molecular weight excluding hydrogens is 232 g/mol. The fraction of sp³-hybridized carbons (Fsp3) is 0.385. The number of ether oxygens (including phenoxy) is 1. The fourth-order valence-corrected chi connectivity index (χ4v) is 1.53. The van der Waals surface area contributed by atoms with Gasteiger partial charge in [-0.25, -0.2) is 9.78 Å². The molecule has 1 aromatic rings. The van der Waals surface area contributed by atoms with Crippen molar-refractivity contribution in [1.82, 2.24) is 10.3 Å². The molecule has 0 amide bonds. The predicted molar refractivity (Wildman–Crippen MR) is 68.5 cm³/mol. The molecule has 1 heterocycles. The van der Waals surface area contributed by atoms with Crippen molar-refractivity contribution in [2.75, 3.05) is 13.7 Å². The van der Waals surface area contributed by atoms with Crippen molar-refractivity contribution >= 4 is 5.97 Å². The summed E-state index contributed by atoms with van der Waals surface area (Å²) in [5.74, 6) is -0.277. The van der Waals surface area contributed by atoms with Crippen molar-refractivity contribution in [3.63, 3.8) is 0 Å². The Bertz CT molecular complexity index is 430. The summed E-state index contributed by atoms with van der Waals surface area (Å²) >= 11 is 0. The van der Waals surface area contributed by atoms with Crippen molar-refractivity contribution < 1.29 is 14.6 Å². The first-order chi connectivity index (χ1) is 8.69. The lowest BCUT2D eigenvalue weighted by molar-refractivity contribution is -0.132. The molecule has 1 aromatic heterocycles. The lowest BCUT2D eigenvalue weighted by atomic mass is 10.2. The predicted octanol–water partition coefficient (Wildman–Crippen LogP) is 1.60. The van der Waals surface area contributed by atoms with Gasteiger partial charge in [-0.05, 0) is 12.5 Å². The molecule has 0 aliphatic rings. The number of aromatic nitrogens is 1. The first kappa shape index (κ1) is 14.2. The van der Waals surface area contributed by atoms with Crippen LogP contribution in [0.1, 0.15) is 18.9 Å². The highest BCUT2D eigenvalue weighted by molar-refractivity contribution is 5.86. The first-order valence-electron chi connectivity index (χ1n) is 5.80. The van der Waals surface area contributed by atoms with E-state index in [1.807, 2.05) is 19.1 Å². The molecule has 0 spiro atoms. The quantitative estimate of drug-likeness (QED) is 0.568. The molecular formula is C13H18N2O3. The smallest absolute Gasteiger partial charge is 0.331 e. The Hall–Kier alpha value is -1.88. The van der Waals surface area contributed by atoms with E-state index in [0.29, 0.717) is 31.0 Å². The van der Waals surface area contributed by atoms with E-state index in [4.69, 9.17) is 9.84 Å². The van der Waals surface area contributed by atoms with Crippen LogP contribution in [0.3, 0.4) is 0 Å². The zero-order chi connectivity index (χ0) is 13.4. The average Bonchev–Trinajstić information content (AvgIpc) is 2.38. The lowest BCUT2D eigenvalue weighted by Crippen LogP contribution is -2.15. The average molecular weight is 250 g/mol. The second-order valence-electron chi connectivity index (χ2n) is 3.69. The highest BCUT2D eigenvalue weighted by Gasteiger charge is 2.04. The number of rotatable bonds is 7. The van der Waals surface area contributed by atoms with Crippen LogP contribution in [0.15, 0.2) is 30.0 Å². The SMILES string of the molecule is CC/C(=C/CNCc1cccnc1OC)C(=O)O. The molecule has 0 aliphatic heterocycles. The molecule has 2 N–H and O–H groups in total. The summed E-state index contributed by atoms with van der Waals surface area (Å²) in [4.78, 5) is 14.9. The van der Waals surface area contributed by atoms with Crippen molar-refractivity contribution in [1.29, 1.82) is 0 Å². The van der Waals surface area contributed by atoms with E-state index in [2.05, 4.69) is 10.3 Å². The second kappa shape index (κ2) is 7.45. The molecule has 0 bridgehead atoms. The maximum absolute atomic E-state index is 10.8. The Balaban J connectivity index is 2.49. The maximum atomic E-state index is 10.8. The molecule has 0 atom stereocenters. The zero-order valence-corrected chi connectivity index (χ0v) is 10.6. The van der Waals surface area contributed by atoms with Gasteiger partial charge >= 0.3 is 5.97 Å². The normalized spacial score (nSPS) is 11.3. The summed E-state index contributed by atoms with van der Waals surface area (Å²) in [6, 6.07) is 3.75. The topological polar surface area (TPSA) is 71.5 Å². The Kier molecular flexibility index (Phi) is 5.87. The van der Waals surface area contributed by atoms with E-state index >= 15 is 0 Å². The number of methoxy groups -OCH3 is 1. The van der Waals surface area contributed by atoms with Crippen LogP contribution in [-0.4, -0.2) is 29.7 Å². The van der Waals surface area contributed by atoms with Crippen LogP contribution in [0.4, 0.5) is 0 Å². The van der Waals surface area contributed by atoms with Gasteiger partial charge in [0.2, 0.25) is 5.88 Å². The Labute approximate surface area is 107 Å². The van der Waals surface area contributed by atoms with Gasteiger partial charge in [-0.1, -0.05) is 19.1 Å². The third-order valence-corrected chi connectivity index (χ3v) is 2.51. The van der Waals surface area contributed by atoms with Crippen LogP contribution in [-0.2, 0) is 11.3 Å². The molecule has 5 nitrogen and oxygen atoms in total. The fourth-order valence-electron chi connectivity index (χ4n) is 1.53. The van der Waals surface area contributed by atoms with Crippen molar-refractivity contribution in [3.05, 3.63) is 35.5 Å². The number of carboxylic acid groups (broad SMARTS) is 1. The number of nitrogens with zero attached hydrogens (tertiary/aromatic N) is 1. The van der Waals surface area contributed by atoms with Gasteiger partial charge in [0.15, 0.2) is 0 Å². The maximum Gasteiger partial charge on any atom is 0.331 e. The van der Waals surface area contributed by atoms with Crippen LogP contribution < -0.4 is 10.1 Å². The first-order valence-corrected chi connectivity index (χ1v) is 5.80. The van der Waals surface area contributed by atoms with E-state index in [1.54, 1.807) is 19.4 Å². The number of hydrogen-bond acceptors (Lipinski definition) is 4. The molecule has 0 unspecified atom stereocenters. The summed E-state index contributed by atoms with van der Waals surface area (Å²) in [5, 5.41) is 12.0. The molecule has 0 saturated heterocycles. The Morgan fingerprint density at radius 1 is 1.61 bits per heavy atom. The van der Waals surface area contributed by atoms with E-state index in [0.717, 1.165) is 5.56 Å². The van der Waals surface area contributed by atoms with Crippen molar-refractivity contribution in [2.45, 2.75) is 19.9 Å². The van der Waals surface area contributed by atoms with Gasteiger partial charge in [0.05, 0.1) is 7.11 Å². The Morgan fingerprint density at radius 2 is 2.39 bits per heavy atom. The van der Waals surface area contributed by atoms with E-state index in [9.17, 15) is 4.79 Å². The van der Waals surface area contributed by atoms with Gasteiger partial charge in [-0.3, -0.25) is 0 Å². The van der Waals surface area contributed by atoms with Crippen LogP contribution in [0.5, 0.6) is 5.88 Å². The molecule has 1 rings (SSSR count). The van der Waals surface area contributed by atoms with Crippen LogP contribution in [0.25, 0.3) is 0 Å². The van der Waals surface area contributed by atoms with Crippen LogP contribution >= 0.6 is 0 Å². The van der Waals surface area contributed by atoms with Gasteiger partial charge in [0.25, 0.3) is 0 Å². The third-order valence-electron chi connectivity index (χ3n) is 2.51. The van der Waals surface area contributed by atoms with Gasteiger partial charge < -0.3 is 15.2 Å². The van der Waals surface area contributed by atoms with E-state index in [-0.39, 0.29) is 0 Å². The molecule has 0 radical (unpaired) electrons. The number of hydrogen-bond donors (Lipinski definition) is 2. The van der Waals surface area contributed by atoms with Crippen LogP contribution in [0.2, 0.25) is 0 Å². The molecule has 18 heavy (non-hydrogen) atoms. The summed E-state index contributed by atoms with van der Waals surface area (Å²) in [6.45, 7) is 2.92. The summed E-state index contributed by atoms with van der Waals surface area (Å²) in [5.41, 5.74) is 1.36. The summed E-state index contributed by atoms with van der Waals surface area (Å²) in [7, 11) is 1.57. The monoisotopic (exact) mass is 250 g/mol. The highest BCUT2D eigenvalue weighted by atomic mass is 16.5. The second-order valence-corrected chi connectivity index (χ2v) is 3.69. The van der Waals surface area contributed by atoms with Gasteiger partial charge in [-0.15, -0.1) is 0 Å². The van der Waals surface area contributed by atoms with Crippen molar-refractivity contribution in [3.8, 4) is 5.88 Å². The van der Waals surface area contributed by atoms with E-state index in [1.165, 1.54) is 0 Å². The number of aliphatic carboxylic acids is 1. The molecule has 0 aromatic carbocycles. The Morgan fingerprint density at radius 3 is 3.00 bits per heavy atom. The molecule has 98 valence electrons. The van der Waals surface area contributed by atoms with Crippen molar-refractivity contribution in [2.24, 2.45) is 0 Å². The third kappa shape index (κ3) is 4.18. The molecule has 0 saturated carbocycles. The number of carbonyl (C=O) groups is 1. The van der Waals surface area contributed by atoms with E-state index < -0.39 is 5.97 Å². The zero-order valence-electron chi connectivity index (χ0n) is 10.6. The molecule has 0 aliphatic carbocycles. The summed E-state index contributed by atoms with van der Waals surface area (Å²) < 4.78 is 5.12. The van der Waals surface area contributed by atoms with Gasteiger partial charge in [-0.2, -0.15) is 0 Å². The minimum Gasteiger partial charge on any atom is -0.481 e. The highest BCUT2D eigenvalue weighted by Crippen LogP contribution is 2.12. The number of carboxylic acids is 1. The van der Waals surface area contributed by atoms with Gasteiger partial charge in [0, 0.05) is 30.4 Å². The molecule has 0 fully saturated rings. The van der Waals surface area contributed by atoms with Crippen LogP contribution in [0, 0.1) is 0 Å². The minimum absolute atomic E-state index is 0.417. The summed E-state index contributed by atoms with van der Waals surface area (Å²) in [6.07, 6.45) is 3.88. The number of nitrogens with one attached hydrogen (secondary N) is 1. The molecule has 5 heteroatoms. The number of pyridine rings is 1. The standard InChI is InChI=1S/C13H18N2O3/c1-3-10(13(16)17)6-8-14-9-11-5-4-7-15-12(11)18-2/h4-7,14H,3,8-9H2,1-2H3,(H,16,17)/b10-6-. The largest absolute Gasteiger partial charge is 0.481 e.